The summed E-state index contributed by atoms with van der Waals surface area (Å²) in [7, 11) is 1.78. The third-order valence-electron chi connectivity index (χ3n) is 1.30. The summed E-state index contributed by atoms with van der Waals surface area (Å²) in [6.07, 6.45) is 1.62. The van der Waals surface area contributed by atoms with Crippen molar-refractivity contribution in [2.75, 3.05) is 13.6 Å². The molecule has 0 bridgehead atoms. The number of likely N-dealkylation sites (N-methyl/N-ethyl adjacent to an activating group) is 1. The second-order valence-electron chi connectivity index (χ2n) is 1.97. The average molecular weight is 147 g/mol. The van der Waals surface area contributed by atoms with Gasteiger partial charge in [-0.2, -0.15) is 0 Å². The molecule has 0 aromatic heterocycles. The van der Waals surface area contributed by atoms with Gasteiger partial charge in [0.05, 0.1) is 12.9 Å². The van der Waals surface area contributed by atoms with Gasteiger partial charge in [0.1, 0.15) is 6.04 Å². The minimum absolute atomic E-state index is 0.230. The van der Waals surface area contributed by atoms with E-state index in [-0.39, 0.29) is 11.3 Å². The Kier molecular flexibility index (Phi) is 1.71. The number of hydrogen-bond acceptors (Lipinski definition) is 3. The van der Waals surface area contributed by atoms with Gasteiger partial charge in [0.2, 0.25) is 5.24 Å². The summed E-state index contributed by atoms with van der Waals surface area (Å²) in [5.74, 6) is 0. The Morgan fingerprint density at radius 2 is 2.67 bits per heavy atom. The lowest BCUT2D eigenvalue weighted by Gasteiger charge is -2.13. The van der Waals surface area contributed by atoms with Gasteiger partial charge in [-0.25, -0.2) is 0 Å². The van der Waals surface area contributed by atoms with Gasteiger partial charge in [0.15, 0.2) is 0 Å². The molecule has 3 nitrogen and oxygen atoms in total. The van der Waals surface area contributed by atoms with Gasteiger partial charge in [-0.15, -0.1) is 0 Å². The molecule has 9 heavy (non-hydrogen) atoms. The predicted octanol–water partition coefficient (Wildman–Crippen LogP) is 0.0941. The zero-order valence-corrected chi connectivity index (χ0v) is 5.80. The fraction of sp³-hybridized carbons (Fsp3) is 0.600. The van der Waals surface area contributed by atoms with Crippen LogP contribution in [0.25, 0.3) is 0 Å². The summed E-state index contributed by atoms with van der Waals surface area (Å²) in [5.41, 5.74) is 0. The molecule has 50 valence electrons. The zero-order valence-electron chi connectivity index (χ0n) is 5.04. The summed E-state index contributed by atoms with van der Waals surface area (Å²) < 4.78 is 0. The molecule has 1 atom stereocenters. The summed E-state index contributed by atoms with van der Waals surface area (Å²) in [6.45, 7) is 0.499. The van der Waals surface area contributed by atoms with E-state index in [0.717, 1.165) is 0 Å². The Morgan fingerprint density at radius 3 is 2.89 bits per heavy atom. The van der Waals surface area contributed by atoms with Crippen molar-refractivity contribution in [1.29, 1.82) is 0 Å². The highest BCUT2D eigenvalue weighted by molar-refractivity contribution is 6.64. The second-order valence-corrected chi connectivity index (χ2v) is 2.34. The summed E-state index contributed by atoms with van der Waals surface area (Å²) in [4.78, 5) is 16.1. The molecule has 0 saturated carbocycles. The maximum atomic E-state index is 10.5. The predicted molar refractivity (Wildman–Crippen MR) is 35.8 cm³/mol. The maximum absolute atomic E-state index is 10.5. The van der Waals surface area contributed by atoms with Crippen LogP contribution in [-0.4, -0.2) is 36.1 Å². The molecule has 1 heterocycles. The molecule has 0 saturated heterocycles. The second kappa shape index (κ2) is 2.35. The fourth-order valence-corrected chi connectivity index (χ4v) is 0.940. The van der Waals surface area contributed by atoms with Crippen molar-refractivity contribution < 1.29 is 4.79 Å². The van der Waals surface area contributed by atoms with Crippen LogP contribution < -0.4 is 0 Å². The van der Waals surface area contributed by atoms with E-state index < -0.39 is 0 Å². The highest BCUT2D eigenvalue weighted by Gasteiger charge is 2.22. The van der Waals surface area contributed by atoms with Crippen molar-refractivity contribution >= 4 is 23.2 Å². The van der Waals surface area contributed by atoms with Crippen LogP contribution in [0.15, 0.2) is 4.99 Å². The fourth-order valence-electron chi connectivity index (χ4n) is 0.717. The quantitative estimate of drug-likeness (QED) is 0.492. The van der Waals surface area contributed by atoms with Gasteiger partial charge in [-0.05, 0) is 11.6 Å². The van der Waals surface area contributed by atoms with E-state index in [0.29, 0.717) is 6.54 Å². The molecule has 0 amide bonds. The number of carbonyl (C=O) groups is 1. The lowest BCUT2D eigenvalue weighted by molar-refractivity contribution is -0.114. The van der Waals surface area contributed by atoms with Crippen LogP contribution in [0.4, 0.5) is 0 Å². The van der Waals surface area contributed by atoms with Crippen molar-refractivity contribution in [1.82, 2.24) is 4.90 Å². The summed E-state index contributed by atoms with van der Waals surface area (Å²) >= 11 is 5.22. The zero-order chi connectivity index (χ0) is 6.85. The molecule has 1 unspecified atom stereocenters. The smallest absolute Gasteiger partial charge is 0.246 e. The average Bonchev–Trinajstić information content (AvgIpc) is 2.13. The Labute approximate surface area is 58.3 Å². The Bertz CT molecular complexity index is 157. The summed E-state index contributed by atoms with van der Waals surface area (Å²) in [5, 5.41) is -0.338. The van der Waals surface area contributed by atoms with E-state index in [1.165, 1.54) is 0 Å². The number of carbonyl (C=O) groups excluding carboxylic acids is 1. The van der Waals surface area contributed by atoms with Crippen molar-refractivity contribution in [3.8, 4) is 0 Å². The molecular formula is C5H7ClN2O. The van der Waals surface area contributed by atoms with Crippen LogP contribution in [-0.2, 0) is 4.79 Å². The number of rotatable bonds is 1. The normalized spacial score (nSPS) is 25.1. The van der Waals surface area contributed by atoms with Crippen molar-refractivity contribution in [2.45, 2.75) is 6.04 Å². The Morgan fingerprint density at radius 1 is 2.00 bits per heavy atom. The number of aliphatic imine (C=N–C) groups is 1. The molecule has 1 aliphatic heterocycles. The first-order valence-electron chi connectivity index (χ1n) is 2.63. The number of hydrogen-bond donors (Lipinski definition) is 0. The van der Waals surface area contributed by atoms with Crippen molar-refractivity contribution in [3.63, 3.8) is 0 Å². The number of halogens is 1. The minimum Gasteiger partial charge on any atom is -0.353 e. The van der Waals surface area contributed by atoms with E-state index in [4.69, 9.17) is 11.6 Å². The van der Waals surface area contributed by atoms with Crippen LogP contribution in [0.3, 0.4) is 0 Å². The maximum Gasteiger partial charge on any atom is 0.246 e. The van der Waals surface area contributed by atoms with Crippen LogP contribution in [0.1, 0.15) is 0 Å². The van der Waals surface area contributed by atoms with Crippen LogP contribution in [0.2, 0.25) is 0 Å². The molecule has 1 rings (SSSR count). The Hall–Kier alpha value is -0.570. The molecule has 4 heteroatoms. The lowest BCUT2D eigenvalue weighted by atomic mass is 10.3. The molecule has 0 aliphatic carbocycles. The first kappa shape index (κ1) is 6.55. The Balaban J connectivity index is 2.55. The summed E-state index contributed by atoms with van der Waals surface area (Å²) in [6, 6.07) is -0.230. The molecule has 0 N–H and O–H groups in total. The van der Waals surface area contributed by atoms with Gasteiger partial charge in [0, 0.05) is 7.05 Å². The van der Waals surface area contributed by atoms with Gasteiger partial charge < -0.3 is 4.90 Å². The van der Waals surface area contributed by atoms with Crippen LogP contribution >= 0.6 is 11.6 Å². The van der Waals surface area contributed by atoms with Gasteiger partial charge in [0.25, 0.3) is 0 Å². The first-order valence-corrected chi connectivity index (χ1v) is 3.01. The molecule has 0 radical (unpaired) electrons. The molecule has 0 spiro atoms. The molecule has 0 fully saturated rings. The van der Waals surface area contributed by atoms with Crippen molar-refractivity contribution in [3.05, 3.63) is 0 Å². The largest absolute Gasteiger partial charge is 0.353 e. The molecule has 0 aromatic carbocycles. The van der Waals surface area contributed by atoms with Crippen molar-refractivity contribution in [2.24, 2.45) is 4.99 Å². The van der Waals surface area contributed by atoms with E-state index in [9.17, 15) is 4.79 Å². The van der Waals surface area contributed by atoms with Crippen LogP contribution in [0, 0.1) is 0 Å². The standard InChI is InChI=1S/C5H7ClN2O/c1-8-3-7-2-4(8)5(6)9/h3-4H,2H2,1H3. The van der Waals surface area contributed by atoms with E-state index in [1.54, 1.807) is 18.3 Å². The molecule has 1 aliphatic rings. The van der Waals surface area contributed by atoms with E-state index in [1.807, 2.05) is 0 Å². The highest BCUT2D eigenvalue weighted by Crippen LogP contribution is 2.04. The van der Waals surface area contributed by atoms with E-state index in [2.05, 4.69) is 4.99 Å². The minimum atomic E-state index is -0.338. The third kappa shape index (κ3) is 1.21. The van der Waals surface area contributed by atoms with Crippen LogP contribution in [0.5, 0.6) is 0 Å². The third-order valence-corrected chi connectivity index (χ3v) is 1.55. The SMILES string of the molecule is CN1C=NCC1C(=O)Cl. The highest BCUT2D eigenvalue weighted by atomic mass is 35.5. The topological polar surface area (TPSA) is 32.7 Å². The monoisotopic (exact) mass is 146 g/mol. The van der Waals surface area contributed by atoms with Gasteiger partial charge in [-0.1, -0.05) is 0 Å². The lowest BCUT2D eigenvalue weighted by Crippen LogP contribution is -2.32. The van der Waals surface area contributed by atoms with E-state index >= 15 is 0 Å². The molecular weight excluding hydrogens is 140 g/mol. The molecule has 0 aromatic rings. The first-order chi connectivity index (χ1) is 4.22. The number of nitrogens with zero attached hydrogens (tertiary/aromatic N) is 2. The van der Waals surface area contributed by atoms with Gasteiger partial charge >= 0.3 is 0 Å². The van der Waals surface area contributed by atoms with Gasteiger partial charge in [-0.3, -0.25) is 9.79 Å².